The third-order valence-corrected chi connectivity index (χ3v) is 6.22. The first kappa shape index (κ1) is 31.7. The number of unbranched alkanes of at least 4 members (excludes halogenated alkanes) is 2. The molecule has 2 rings (SSSR count). The van der Waals surface area contributed by atoms with Crippen molar-refractivity contribution in [1.29, 1.82) is 0 Å². The quantitative estimate of drug-likeness (QED) is 0.295. The van der Waals surface area contributed by atoms with Gasteiger partial charge in [0.2, 0.25) is 11.8 Å². The van der Waals surface area contributed by atoms with Crippen molar-refractivity contribution in [3.05, 3.63) is 65.2 Å². The van der Waals surface area contributed by atoms with Crippen LogP contribution in [0.3, 0.4) is 0 Å². The van der Waals surface area contributed by atoms with E-state index in [1.54, 1.807) is 45.9 Å². The second kappa shape index (κ2) is 15.1. The zero-order valence-corrected chi connectivity index (χ0v) is 24.3. The molecule has 0 aliphatic rings. The van der Waals surface area contributed by atoms with Crippen molar-refractivity contribution in [2.75, 3.05) is 13.1 Å². The largest absolute Gasteiger partial charge is 0.507 e. The average molecular weight is 540 g/mol. The van der Waals surface area contributed by atoms with Crippen LogP contribution in [0.1, 0.15) is 83.0 Å². The number of para-hydroxylation sites is 1. The maximum atomic E-state index is 14.2. The molecule has 2 atom stereocenters. The Morgan fingerprint density at radius 2 is 1.67 bits per heavy atom. The van der Waals surface area contributed by atoms with Gasteiger partial charge in [-0.25, -0.2) is 4.79 Å². The Kier molecular flexibility index (Phi) is 12.3. The minimum Gasteiger partial charge on any atom is -0.507 e. The first-order valence-corrected chi connectivity index (χ1v) is 13.9. The van der Waals surface area contributed by atoms with E-state index in [-0.39, 0.29) is 24.6 Å². The van der Waals surface area contributed by atoms with E-state index in [0.717, 1.165) is 24.8 Å². The molecular weight excluding hydrogens is 494 g/mol. The Morgan fingerprint density at radius 3 is 2.28 bits per heavy atom. The summed E-state index contributed by atoms with van der Waals surface area (Å²) in [5, 5.41) is 16.7. The highest BCUT2D eigenvalue weighted by atomic mass is 16.6. The van der Waals surface area contributed by atoms with Gasteiger partial charge in [0.25, 0.3) is 0 Å². The van der Waals surface area contributed by atoms with Crippen LogP contribution in [0.2, 0.25) is 0 Å². The van der Waals surface area contributed by atoms with E-state index in [9.17, 15) is 19.5 Å². The van der Waals surface area contributed by atoms with E-state index in [1.807, 2.05) is 37.3 Å². The van der Waals surface area contributed by atoms with E-state index in [4.69, 9.17) is 4.74 Å². The molecule has 0 saturated heterocycles. The molecule has 0 spiro atoms. The van der Waals surface area contributed by atoms with Crippen molar-refractivity contribution in [3.8, 4) is 5.75 Å². The maximum Gasteiger partial charge on any atom is 0.408 e. The zero-order chi connectivity index (χ0) is 29.0. The highest BCUT2D eigenvalue weighted by Crippen LogP contribution is 2.32. The monoisotopic (exact) mass is 539 g/mol. The van der Waals surface area contributed by atoms with Crippen molar-refractivity contribution >= 4 is 17.9 Å². The Balaban J connectivity index is 2.51. The normalized spacial score (nSPS) is 12.8. The summed E-state index contributed by atoms with van der Waals surface area (Å²) in [4.78, 5) is 42.1. The maximum absolute atomic E-state index is 14.2. The topological polar surface area (TPSA) is 108 Å². The van der Waals surface area contributed by atoms with Crippen molar-refractivity contribution in [2.45, 2.75) is 91.3 Å². The van der Waals surface area contributed by atoms with Gasteiger partial charge in [-0.3, -0.25) is 9.59 Å². The van der Waals surface area contributed by atoms with Crippen LogP contribution in [0.15, 0.2) is 48.5 Å². The number of carbonyl (C=O) groups is 3. The number of aromatic hydroxyl groups is 1. The highest BCUT2D eigenvalue weighted by molar-refractivity contribution is 5.92. The van der Waals surface area contributed by atoms with Gasteiger partial charge in [0.05, 0.1) is 0 Å². The third kappa shape index (κ3) is 9.93. The lowest BCUT2D eigenvalue weighted by Crippen LogP contribution is -2.54. The zero-order valence-electron chi connectivity index (χ0n) is 24.3. The van der Waals surface area contributed by atoms with E-state index in [2.05, 4.69) is 17.6 Å². The minimum absolute atomic E-state index is 0.0279. The molecule has 214 valence electrons. The number of phenolic OH excluding ortho intramolecular Hbond substituents is 1. The molecule has 3 N–H and O–H groups in total. The van der Waals surface area contributed by atoms with Crippen LogP contribution in [-0.4, -0.2) is 52.6 Å². The summed E-state index contributed by atoms with van der Waals surface area (Å²) in [5.74, 6) is -0.828. The minimum atomic E-state index is -1.07. The number of nitrogens with one attached hydrogen (secondary N) is 2. The van der Waals surface area contributed by atoms with Crippen molar-refractivity contribution in [1.82, 2.24) is 15.5 Å². The van der Waals surface area contributed by atoms with Gasteiger partial charge in [-0.15, -0.1) is 0 Å². The SMILES string of the molecule is CCCCCNC(=O)C(c1cccc(C)c1O)N(CCC)C(=O)C(Cc1ccccc1)NC(=O)OC(C)(C)C. The van der Waals surface area contributed by atoms with Crippen LogP contribution in [0.25, 0.3) is 0 Å². The van der Waals surface area contributed by atoms with E-state index < -0.39 is 29.7 Å². The Labute approximate surface area is 233 Å². The Hall–Kier alpha value is -3.55. The molecule has 3 amide bonds. The van der Waals surface area contributed by atoms with Gasteiger partial charge in [0.1, 0.15) is 23.4 Å². The van der Waals surface area contributed by atoms with E-state index in [1.165, 1.54) is 4.90 Å². The molecule has 8 nitrogen and oxygen atoms in total. The molecule has 0 heterocycles. The van der Waals surface area contributed by atoms with Crippen LogP contribution in [0.5, 0.6) is 5.75 Å². The highest BCUT2D eigenvalue weighted by Gasteiger charge is 2.37. The van der Waals surface area contributed by atoms with Crippen molar-refractivity contribution in [2.24, 2.45) is 0 Å². The summed E-state index contributed by atoms with van der Waals surface area (Å²) in [6, 6.07) is 12.5. The second-order valence-corrected chi connectivity index (χ2v) is 10.8. The fourth-order valence-electron chi connectivity index (χ4n) is 4.34. The van der Waals surface area contributed by atoms with Crippen LogP contribution >= 0.6 is 0 Å². The molecule has 2 aromatic rings. The lowest BCUT2D eigenvalue weighted by molar-refractivity contribution is -0.142. The standard InChI is InChI=1S/C31H45N3O5/c1-7-9-13-19-32-28(36)26(24-18-14-15-22(3)27(24)35)34(20-8-2)29(37)25(21-23-16-11-10-12-17-23)33-30(38)39-31(4,5)6/h10-12,14-18,25-26,35H,7-9,13,19-21H2,1-6H3,(H,32,36)(H,33,38). The second-order valence-electron chi connectivity index (χ2n) is 10.8. The third-order valence-electron chi connectivity index (χ3n) is 6.22. The molecule has 0 bridgehead atoms. The summed E-state index contributed by atoms with van der Waals surface area (Å²) >= 11 is 0. The lowest BCUT2D eigenvalue weighted by atomic mass is 9.97. The Bertz CT molecular complexity index is 1080. The molecule has 0 radical (unpaired) electrons. The van der Waals surface area contributed by atoms with Gasteiger partial charge in [0, 0.05) is 25.1 Å². The fourth-order valence-corrected chi connectivity index (χ4v) is 4.34. The molecule has 8 heteroatoms. The molecule has 0 aromatic heterocycles. The number of benzene rings is 2. The molecule has 39 heavy (non-hydrogen) atoms. The molecule has 0 fully saturated rings. The van der Waals surface area contributed by atoms with Gasteiger partial charge in [0.15, 0.2) is 0 Å². The number of nitrogens with zero attached hydrogens (tertiary/aromatic N) is 1. The van der Waals surface area contributed by atoms with Gasteiger partial charge in [-0.1, -0.05) is 75.2 Å². The fraction of sp³-hybridized carbons (Fsp3) is 0.516. The number of hydrogen-bond donors (Lipinski definition) is 3. The van der Waals surface area contributed by atoms with Crippen LogP contribution in [-0.2, 0) is 20.7 Å². The molecule has 0 aliphatic heterocycles. The molecular formula is C31H45N3O5. The summed E-state index contributed by atoms with van der Waals surface area (Å²) in [5.41, 5.74) is 1.05. The van der Waals surface area contributed by atoms with Gasteiger partial charge in [-0.2, -0.15) is 0 Å². The van der Waals surface area contributed by atoms with Gasteiger partial charge >= 0.3 is 6.09 Å². The number of hydrogen-bond acceptors (Lipinski definition) is 5. The number of rotatable bonds is 13. The van der Waals surface area contributed by atoms with Crippen LogP contribution < -0.4 is 10.6 Å². The number of phenols is 1. The summed E-state index contributed by atoms with van der Waals surface area (Å²) < 4.78 is 5.46. The predicted octanol–water partition coefficient (Wildman–Crippen LogP) is 5.42. The lowest BCUT2D eigenvalue weighted by Gasteiger charge is -2.35. The van der Waals surface area contributed by atoms with E-state index >= 15 is 0 Å². The molecule has 0 aliphatic carbocycles. The molecule has 2 aromatic carbocycles. The van der Waals surface area contributed by atoms with Crippen LogP contribution in [0, 0.1) is 6.92 Å². The Morgan fingerprint density at radius 1 is 0.974 bits per heavy atom. The van der Waals surface area contributed by atoms with E-state index in [0.29, 0.717) is 24.1 Å². The van der Waals surface area contributed by atoms with Crippen molar-refractivity contribution in [3.63, 3.8) is 0 Å². The summed E-state index contributed by atoms with van der Waals surface area (Å²) in [6.45, 7) is 11.7. The average Bonchev–Trinajstić information content (AvgIpc) is 2.87. The van der Waals surface area contributed by atoms with Gasteiger partial charge < -0.3 is 25.4 Å². The number of ether oxygens (including phenoxy) is 1. The van der Waals surface area contributed by atoms with Crippen molar-refractivity contribution < 1.29 is 24.2 Å². The number of alkyl carbamates (subject to hydrolysis) is 1. The predicted molar refractivity (Wildman–Crippen MR) is 153 cm³/mol. The summed E-state index contributed by atoms with van der Waals surface area (Å²) in [7, 11) is 0. The number of amides is 3. The van der Waals surface area contributed by atoms with Gasteiger partial charge in [-0.05, 0) is 51.7 Å². The molecule has 2 unspecified atom stereocenters. The molecule has 0 saturated carbocycles. The number of aryl methyl sites for hydroxylation is 1. The first-order chi connectivity index (χ1) is 18.5. The smallest absolute Gasteiger partial charge is 0.408 e. The summed E-state index contributed by atoms with van der Waals surface area (Å²) in [6.07, 6.45) is 2.86. The number of carbonyl (C=O) groups excluding carboxylic acids is 3. The first-order valence-electron chi connectivity index (χ1n) is 13.9. The van der Waals surface area contributed by atoms with Crippen LogP contribution in [0.4, 0.5) is 4.79 Å².